The van der Waals surface area contributed by atoms with Gasteiger partial charge in [0.2, 0.25) is 5.91 Å². The molecule has 7 heteroatoms. The van der Waals surface area contributed by atoms with Crippen molar-refractivity contribution < 1.29 is 18.7 Å². The molecular weight excluding hydrogens is 299 g/mol. The molecule has 0 fully saturated rings. The normalized spacial score (nSPS) is 11.8. The van der Waals surface area contributed by atoms with Crippen molar-refractivity contribution in [3.63, 3.8) is 0 Å². The van der Waals surface area contributed by atoms with Crippen LogP contribution in [0.5, 0.6) is 0 Å². The van der Waals surface area contributed by atoms with Gasteiger partial charge in [-0.05, 0) is 23.8 Å². The van der Waals surface area contributed by atoms with Crippen LogP contribution >= 0.6 is 23.2 Å². The number of halogens is 4. The molecule has 0 unspecified atom stereocenters. The zero-order valence-electron chi connectivity index (χ0n) is 9.67. The number of amides is 1. The zero-order valence-corrected chi connectivity index (χ0v) is 11.2. The molecule has 2 N–H and O–H groups in total. The average molecular weight is 310 g/mol. The third kappa shape index (κ3) is 5.55. The van der Waals surface area contributed by atoms with E-state index in [-0.39, 0.29) is 0 Å². The topological polar surface area (TPSA) is 49.3 Å². The Labute approximate surface area is 118 Å². The number of alkyl halides is 2. The van der Waals surface area contributed by atoms with Crippen molar-refractivity contribution >= 4 is 35.2 Å². The van der Waals surface area contributed by atoms with Crippen LogP contribution in [0.15, 0.2) is 24.3 Å². The molecule has 3 nitrogen and oxygen atoms in total. The highest BCUT2D eigenvalue weighted by atomic mass is 35.5. The van der Waals surface area contributed by atoms with E-state index in [1.54, 1.807) is 12.1 Å². The van der Waals surface area contributed by atoms with Gasteiger partial charge in [0, 0.05) is 6.08 Å². The van der Waals surface area contributed by atoms with E-state index in [0.717, 1.165) is 6.08 Å². The molecule has 0 radical (unpaired) electrons. The zero-order chi connectivity index (χ0) is 14.5. The highest BCUT2D eigenvalue weighted by Gasteiger charge is 2.27. The van der Waals surface area contributed by atoms with Crippen molar-refractivity contribution in [2.45, 2.75) is 5.92 Å². The number of rotatable bonds is 5. The summed E-state index contributed by atoms with van der Waals surface area (Å²) < 4.78 is 25.3. The predicted molar refractivity (Wildman–Crippen MR) is 70.5 cm³/mol. The second-order valence-electron chi connectivity index (χ2n) is 3.74. The van der Waals surface area contributed by atoms with E-state index in [1.165, 1.54) is 12.1 Å². The van der Waals surface area contributed by atoms with Crippen LogP contribution in [-0.4, -0.2) is 30.1 Å². The van der Waals surface area contributed by atoms with E-state index in [4.69, 9.17) is 28.3 Å². The highest BCUT2D eigenvalue weighted by molar-refractivity contribution is 6.42. The average Bonchev–Trinajstić information content (AvgIpc) is 2.38. The van der Waals surface area contributed by atoms with Crippen LogP contribution in [0.1, 0.15) is 5.56 Å². The van der Waals surface area contributed by atoms with E-state index >= 15 is 0 Å². The lowest BCUT2D eigenvalue weighted by Gasteiger charge is -2.12. The number of nitrogens with one attached hydrogen (secondary N) is 1. The fourth-order valence-electron chi connectivity index (χ4n) is 1.12. The van der Waals surface area contributed by atoms with Gasteiger partial charge >= 0.3 is 0 Å². The van der Waals surface area contributed by atoms with Crippen molar-refractivity contribution in [2.24, 2.45) is 0 Å². The Morgan fingerprint density at radius 1 is 1.37 bits per heavy atom. The molecule has 104 valence electrons. The Balaban J connectivity index is 2.56. The first kappa shape index (κ1) is 15.9. The second-order valence-corrected chi connectivity index (χ2v) is 4.55. The van der Waals surface area contributed by atoms with E-state index in [1.807, 2.05) is 5.32 Å². The van der Waals surface area contributed by atoms with E-state index in [9.17, 15) is 13.6 Å². The maximum absolute atomic E-state index is 12.7. The Bertz CT molecular complexity index is 493. The Morgan fingerprint density at radius 3 is 2.63 bits per heavy atom. The molecular formula is C12H11Cl2F2NO2. The number of aliphatic hydroxyl groups is 1. The number of aliphatic hydroxyl groups excluding tert-OH is 1. The molecule has 0 atom stereocenters. The Morgan fingerprint density at radius 2 is 2.05 bits per heavy atom. The van der Waals surface area contributed by atoms with Gasteiger partial charge in [-0.1, -0.05) is 29.3 Å². The molecule has 1 aromatic carbocycles. The first-order valence-corrected chi connectivity index (χ1v) is 5.99. The first-order valence-electron chi connectivity index (χ1n) is 5.24. The summed E-state index contributed by atoms with van der Waals surface area (Å²) in [6.45, 7) is -2.24. The minimum Gasteiger partial charge on any atom is -0.390 e. The van der Waals surface area contributed by atoms with E-state index in [0.29, 0.717) is 15.6 Å². The van der Waals surface area contributed by atoms with Gasteiger partial charge < -0.3 is 10.4 Å². The van der Waals surface area contributed by atoms with Gasteiger partial charge in [0.15, 0.2) is 0 Å². The highest BCUT2D eigenvalue weighted by Crippen LogP contribution is 2.23. The van der Waals surface area contributed by atoms with Gasteiger partial charge in [-0.3, -0.25) is 4.79 Å². The largest absolute Gasteiger partial charge is 0.390 e. The summed E-state index contributed by atoms with van der Waals surface area (Å²) in [4.78, 5) is 11.3. The van der Waals surface area contributed by atoms with Crippen molar-refractivity contribution in [3.8, 4) is 0 Å². The first-order chi connectivity index (χ1) is 8.84. The molecule has 19 heavy (non-hydrogen) atoms. The SMILES string of the molecule is O=C(/C=C/c1ccc(Cl)c(Cl)c1)NCC(F)(F)CO. The molecule has 1 amide bonds. The molecule has 0 saturated heterocycles. The van der Waals surface area contributed by atoms with Gasteiger partial charge in [-0.15, -0.1) is 0 Å². The Hall–Kier alpha value is -1.17. The fourth-order valence-corrected chi connectivity index (χ4v) is 1.43. The number of benzene rings is 1. The van der Waals surface area contributed by atoms with Gasteiger partial charge in [-0.25, -0.2) is 8.78 Å². The predicted octanol–water partition coefficient (Wildman–Crippen LogP) is 2.75. The summed E-state index contributed by atoms with van der Waals surface area (Å²) in [5.41, 5.74) is 0.610. The summed E-state index contributed by atoms with van der Waals surface area (Å²) >= 11 is 11.5. The number of hydrogen-bond acceptors (Lipinski definition) is 2. The monoisotopic (exact) mass is 309 g/mol. The lowest BCUT2D eigenvalue weighted by molar-refractivity contribution is -0.119. The van der Waals surface area contributed by atoms with Crippen molar-refractivity contribution in [3.05, 3.63) is 39.9 Å². The van der Waals surface area contributed by atoms with Crippen LogP contribution < -0.4 is 5.32 Å². The summed E-state index contributed by atoms with van der Waals surface area (Å²) in [5, 5.41) is 11.0. The number of carbonyl (C=O) groups is 1. The van der Waals surface area contributed by atoms with Crippen molar-refractivity contribution in [1.82, 2.24) is 5.32 Å². The molecule has 0 saturated carbocycles. The lowest BCUT2D eigenvalue weighted by atomic mass is 10.2. The summed E-state index contributed by atoms with van der Waals surface area (Å²) in [5.74, 6) is -4.02. The second kappa shape index (κ2) is 6.84. The van der Waals surface area contributed by atoms with E-state index < -0.39 is 25.0 Å². The third-order valence-corrected chi connectivity index (χ3v) is 2.86. The van der Waals surface area contributed by atoms with Crippen LogP contribution in [0, 0.1) is 0 Å². The lowest BCUT2D eigenvalue weighted by Crippen LogP contribution is -2.38. The standard InChI is InChI=1S/C12H11Cl2F2NO2/c13-9-3-1-8(5-10(9)14)2-4-11(19)17-6-12(15,16)7-18/h1-5,18H,6-7H2,(H,17,19)/b4-2+. The fraction of sp³-hybridized carbons (Fsp3) is 0.250. The molecule has 0 aromatic heterocycles. The molecule has 0 heterocycles. The molecule has 0 bridgehead atoms. The van der Waals surface area contributed by atoms with Crippen LogP contribution in [0.25, 0.3) is 6.08 Å². The molecule has 0 aliphatic carbocycles. The van der Waals surface area contributed by atoms with E-state index in [2.05, 4.69) is 0 Å². The van der Waals surface area contributed by atoms with Crippen LogP contribution in [0.3, 0.4) is 0 Å². The Kier molecular flexibility index (Phi) is 5.72. The van der Waals surface area contributed by atoms with Crippen molar-refractivity contribution in [2.75, 3.05) is 13.2 Å². The summed E-state index contributed by atoms with van der Waals surface area (Å²) in [7, 11) is 0. The van der Waals surface area contributed by atoms with Gasteiger partial charge in [0.1, 0.15) is 6.61 Å². The third-order valence-electron chi connectivity index (χ3n) is 2.12. The van der Waals surface area contributed by atoms with Crippen LogP contribution in [0.4, 0.5) is 8.78 Å². The quantitative estimate of drug-likeness (QED) is 0.822. The molecule has 1 aromatic rings. The minimum absolute atomic E-state index is 0.330. The maximum atomic E-state index is 12.7. The van der Waals surface area contributed by atoms with Gasteiger partial charge in [0.25, 0.3) is 5.92 Å². The number of carbonyl (C=O) groups excluding carboxylic acids is 1. The molecule has 0 aliphatic heterocycles. The smallest absolute Gasteiger partial charge is 0.287 e. The summed E-state index contributed by atoms with van der Waals surface area (Å²) in [6.07, 6.45) is 2.50. The molecule has 1 rings (SSSR count). The van der Waals surface area contributed by atoms with Crippen LogP contribution in [-0.2, 0) is 4.79 Å². The number of hydrogen-bond donors (Lipinski definition) is 2. The van der Waals surface area contributed by atoms with Gasteiger partial charge in [0.05, 0.1) is 16.6 Å². The molecule has 0 aliphatic rings. The van der Waals surface area contributed by atoms with Crippen LogP contribution in [0.2, 0.25) is 10.0 Å². The van der Waals surface area contributed by atoms with Gasteiger partial charge in [-0.2, -0.15) is 0 Å². The molecule has 0 spiro atoms. The minimum atomic E-state index is -3.33. The maximum Gasteiger partial charge on any atom is 0.287 e. The summed E-state index contributed by atoms with van der Waals surface area (Å²) in [6, 6.07) is 4.72. The van der Waals surface area contributed by atoms with Crippen molar-refractivity contribution in [1.29, 1.82) is 0 Å².